The fourth-order valence-corrected chi connectivity index (χ4v) is 2.30. The third-order valence-corrected chi connectivity index (χ3v) is 3.06. The molecule has 0 amide bonds. The molecule has 80 valence electrons. The standard InChI is InChI=1S/C13H23N/c1-3-5-6-7-9-13-10-8-12-14(13)11-4-2/h3-4,13H,1-2,5-12H2/t13-/m1/s1. The van der Waals surface area contributed by atoms with E-state index in [1.165, 1.54) is 45.1 Å². The molecule has 0 aromatic carbocycles. The van der Waals surface area contributed by atoms with Crippen LogP contribution in [-0.2, 0) is 0 Å². The second-order valence-corrected chi connectivity index (χ2v) is 4.15. The van der Waals surface area contributed by atoms with Gasteiger partial charge in [-0.25, -0.2) is 0 Å². The summed E-state index contributed by atoms with van der Waals surface area (Å²) >= 11 is 0. The first-order valence-electron chi connectivity index (χ1n) is 5.84. The van der Waals surface area contributed by atoms with Crippen LogP contribution >= 0.6 is 0 Å². The van der Waals surface area contributed by atoms with Gasteiger partial charge in [0.15, 0.2) is 0 Å². The highest BCUT2D eigenvalue weighted by atomic mass is 15.2. The van der Waals surface area contributed by atoms with Crippen molar-refractivity contribution in [1.82, 2.24) is 4.90 Å². The molecule has 14 heavy (non-hydrogen) atoms. The molecule has 1 fully saturated rings. The highest BCUT2D eigenvalue weighted by molar-refractivity contribution is 4.84. The van der Waals surface area contributed by atoms with Crippen molar-refractivity contribution in [2.45, 2.75) is 44.6 Å². The summed E-state index contributed by atoms with van der Waals surface area (Å²) in [7, 11) is 0. The van der Waals surface area contributed by atoms with E-state index < -0.39 is 0 Å². The van der Waals surface area contributed by atoms with Crippen LogP contribution in [-0.4, -0.2) is 24.0 Å². The van der Waals surface area contributed by atoms with Crippen molar-refractivity contribution in [3.8, 4) is 0 Å². The fraction of sp³-hybridized carbons (Fsp3) is 0.692. The quantitative estimate of drug-likeness (QED) is 0.442. The predicted octanol–water partition coefficient (Wildman–Crippen LogP) is 3.38. The average Bonchev–Trinajstić information content (AvgIpc) is 2.61. The van der Waals surface area contributed by atoms with E-state index in [4.69, 9.17) is 0 Å². The van der Waals surface area contributed by atoms with Gasteiger partial charge in [0.05, 0.1) is 0 Å². The molecule has 0 spiro atoms. The van der Waals surface area contributed by atoms with Gasteiger partial charge in [-0.1, -0.05) is 18.6 Å². The summed E-state index contributed by atoms with van der Waals surface area (Å²) < 4.78 is 0. The number of unbranched alkanes of at least 4 members (excludes halogenated alkanes) is 2. The molecule has 1 aliphatic heterocycles. The lowest BCUT2D eigenvalue weighted by molar-refractivity contribution is 0.263. The van der Waals surface area contributed by atoms with Crippen molar-refractivity contribution in [1.29, 1.82) is 0 Å². The van der Waals surface area contributed by atoms with Crippen LogP contribution in [0.1, 0.15) is 38.5 Å². The smallest absolute Gasteiger partial charge is 0.0163 e. The van der Waals surface area contributed by atoms with Gasteiger partial charge in [-0.2, -0.15) is 0 Å². The fourth-order valence-electron chi connectivity index (χ4n) is 2.30. The summed E-state index contributed by atoms with van der Waals surface area (Å²) in [6, 6.07) is 0.831. The van der Waals surface area contributed by atoms with Gasteiger partial charge in [0.25, 0.3) is 0 Å². The number of hydrogen-bond acceptors (Lipinski definition) is 1. The molecular formula is C13H23N. The molecule has 0 saturated carbocycles. The lowest BCUT2D eigenvalue weighted by Crippen LogP contribution is -2.29. The van der Waals surface area contributed by atoms with Crippen molar-refractivity contribution in [2.75, 3.05) is 13.1 Å². The van der Waals surface area contributed by atoms with Crippen molar-refractivity contribution < 1.29 is 0 Å². The Labute approximate surface area is 88.5 Å². The first-order valence-corrected chi connectivity index (χ1v) is 5.84. The van der Waals surface area contributed by atoms with E-state index in [9.17, 15) is 0 Å². The number of hydrogen-bond donors (Lipinski definition) is 0. The van der Waals surface area contributed by atoms with Gasteiger partial charge in [0.1, 0.15) is 0 Å². The van der Waals surface area contributed by atoms with E-state index in [-0.39, 0.29) is 0 Å². The maximum atomic E-state index is 3.81. The Hall–Kier alpha value is -0.560. The SMILES string of the molecule is C=CCCCC[C@@H]1CCCN1CC=C. The van der Waals surface area contributed by atoms with Crippen molar-refractivity contribution in [3.63, 3.8) is 0 Å². The van der Waals surface area contributed by atoms with Crippen LogP contribution in [0.15, 0.2) is 25.3 Å². The third kappa shape index (κ3) is 3.67. The van der Waals surface area contributed by atoms with E-state index in [0.717, 1.165) is 12.6 Å². The number of nitrogens with zero attached hydrogens (tertiary/aromatic N) is 1. The van der Waals surface area contributed by atoms with Gasteiger partial charge in [0, 0.05) is 12.6 Å². The second kappa shape index (κ2) is 6.83. The van der Waals surface area contributed by atoms with Gasteiger partial charge in [-0.3, -0.25) is 4.90 Å². The lowest BCUT2D eigenvalue weighted by atomic mass is 10.1. The molecule has 0 N–H and O–H groups in total. The zero-order valence-electron chi connectivity index (χ0n) is 9.25. The van der Waals surface area contributed by atoms with E-state index >= 15 is 0 Å². The van der Waals surface area contributed by atoms with Crippen LogP contribution in [0.3, 0.4) is 0 Å². The minimum Gasteiger partial charge on any atom is -0.297 e. The Balaban J connectivity index is 2.15. The second-order valence-electron chi connectivity index (χ2n) is 4.15. The largest absolute Gasteiger partial charge is 0.297 e. The molecule has 1 atom stereocenters. The van der Waals surface area contributed by atoms with E-state index in [1.54, 1.807) is 0 Å². The molecule has 1 aliphatic rings. The lowest BCUT2D eigenvalue weighted by Gasteiger charge is -2.22. The Morgan fingerprint density at radius 3 is 2.79 bits per heavy atom. The highest BCUT2D eigenvalue weighted by Gasteiger charge is 2.22. The van der Waals surface area contributed by atoms with E-state index in [2.05, 4.69) is 18.1 Å². The van der Waals surface area contributed by atoms with Gasteiger partial charge in [-0.05, 0) is 38.6 Å². The van der Waals surface area contributed by atoms with Gasteiger partial charge >= 0.3 is 0 Å². The van der Waals surface area contributed by atoms with E-state index in [1.807, 2.05) is 12.2 Å². The Kier molecular flexibility index (Phi) is 5.62. The molecule has 0 radical (unpaired) electrons. The Bertz CT molecular complexity index is 174. The third-order valence-electron chi connectivity index (χ3n) is 3.06. The number of likely N-dealkylation sites (tertiary alicyclic amines) is 1. The Morgan fingerprint density at radius 1 is 1.21 bits per heavy atom. The molecule has 1 rings (SSSR count). The van der Waals surface area contributed by atoms with Gasteiger partial charge in [-0.15, -0.1) is 13.2 Å². The highest BCUT2D eigenvalue weighted by Crippen LogP contribution is 2.21. The van der Waals surface area contributed by atoms with E-state index in [0.29, 0.717) is 0 Å². The summed E-state index contributed by atoms with van der Waals surface area (Å²) in [6.07, 6.45) is 12.0. The summed E-state index contributed by atoms with van der Waals surface area (Å²) in [5, 5.41) is 0. The van der Waals surface area contributed by atoms with Crippen LogP contribution in [0.4, 0.5) is 0 Å². The topological polar surface area (TPSA) is 3.24 Å². The van der Waals surface area contributed by atoms with Gasteiger partial charge < -0.3 is 0 Å². The predicted molar refractivity (Wildman–Crippen MR) is 63.5 cm³/mol. The minimum atomic E-state index is 0.831. The molecular weight excluding hydrogens is 170 g/mol. The first kappa shape index (κ1) is 11.5. The first-order chi connectivity index (χ1) is 6.88. The van der Waals surface area contributed by atoms with Crippen LogP contribution in [0.2, 0.25) is 0 Å². The van der Waals surface area contributed by atoms with Crippen LogP contribution in [0, 0.1) is 0 Å². The molecule has 1 nitrogen and oxygen atoms in total. The number of rotatable bonds is 7. The zero-order chi connectivity index (χ0) is 10.2. The zero-order valence-corrected chi connectivity index (χ0v) is 9.25. The van der Waals surface area contributed by atoms with Crippen LogP contribution < -0.4 is 0 Å². The number of allylic oxidation sites excluding steroid dienone is 1. The van der Waals surface area contributed by atoms with Crippen LogP contribution in [0.5, 0.6) is 0 Å². The Morgan fingerprint density at radius 2 is 2.07 bits per heavy atom. The summed E-state index contributed by atoms with van der Waals surface area (Å²) in [6.45, 7) is 9.92. The molecule has 1 saturated heterocycles. The normalized spacial score (nSPS) is 22.4. The maximum Gasteiger partial charge on any atom is 0.0163 e. The molecule has 0 unspecified atom stereocenters. The van der Waals surface area contributed by atoms with Crippen molar-refractivity contribution in [2.24, 2.45) is 0 Å². The van der Waals surface area contributed by atoms with Crippen molar-refractivity contribution >= 4 is 0 Å². The van der Waals surface area contributed by atoms with Gasteiger partial charge in [0.2, 0.25) is 0 Å². The van der Waals surface area contributed by atoms with Crippen LogP contribution in [0.25, 0.3) is 0 Å². The minimum absolute atomic E-state index is 0.831. The molecule has 0 aromatic heterocycles. The average molecular weight is 193 g/mol. The molecule has 0 bridgehead atoms. The molecule has 0 aromatic rings. The monoisotopic (exact) mass is 193 g/mol. The van der Waals surface area contributed by atoms with Crippen molar-refractivity contribution in [3.05, 3.63) is 25.3 Å². The summed E-state index contributed by atoms with van der Waals surface area (Å²) in [4.78, 5) is 2.57. The maximum absolute atomic E-state index is 3.81. The molecule has 1 heteroatoms. The summed E-state index contributed by atoms with van der Waals surface area (Å²) in [5.41, 5.74) is 0. The summed E-state index contributed by atoms with van der Waals surface area (Å²) in [5.74, 6) is 0. The molecule has 1 heterocycles. The molecule has 0 aliphatic carbocycles.